The van der Waals surface area contributed by atoms with Crippen molar-refractivity contribution >= 4 is 0 Å². The van der Waals surface area contributed by atoms with E-state index >= 15 is 0 Å². The van der Waals surface area contributed by atoms with Gasteiger partial charge in [-0.1, -0.05) is 60.7 Å². The second kappa shape index (κ2) is 9.24. The van der Waals surface area contributed by atoms with Gasteiger partial charge in [-0.15, -0.1) is 0 Å². The van der Waals surface area contributed by atoms with Crippen LogP contribution < -0.4 is 0 Å². The molecule has 4 heteroatoms. The summed E-state index contributed by atoms with van der Waals surface area (Å²) in [6, 6.07) is 19.7. The first kappa shape index (κ1) is 19.0. The SMILES string of the molecule is FC1(F)COC[C@H](CCOCc2ccccc2)[C@H]1CCc1ccccc1. The number of hydrogen-bond donors (Lipinski definition) is 0. The Bertz CT molecular complexity index is 646. The van der Waals surface area contributed by atoms with Crippen LogP contribution in [0.15, 0.2) is 60.7 Å². The van der Waals surface area contributed by atoms with Gasteiger partial charge < -0.3 is 9.47 Å². The first-order valence-corrected chi connectivity index (χ1v) is 9.26. The summed E-state index contributed by atoms with van der Waals surface area (Å²) in [6.45, 7) is 0.915. The maximum absolute atomic E-state index is 14.4. The van der Waals surface area contributed by atoms with Gasteiger partial charge in [0.1, 0.15) is 6.61 Å². The summed E-state index contributed by atoms with van der Waals surface area (Å²) in [7, 11) is 0. The van der Waals surface area contributed by atoms with E-state index in [1.165, 1.54) is 0 Å². The first-order valence-electron chi connectivity index (χ1n) is 9.26. The number of aryl methyl sites for hydroxylation is 1. The molecule has 1 aliphatic rings. The van der Waals surface area contributed by atoms with Crippen LogP contribution in [0.4, 0.5) is 8.78 Å². The van der Waals surface area contributed by atoms with Gasteiger partial charge in [-0.2, -0.15) is 0 Å². The van der Waals surface area contributed by atoms with Gasteiger partial charge in [-0.25, -0.2) is 8.78 Å². The largest absolute Gasteiger partial charge is 0.377 e. The fourth-order valence-electron chi connectivity index (χ4n) is 3.61. The molecule has 1 heterocycles. The van der Waals surface area contributed by atoms with Crippen molar-refractivity contribution in [2.45, 2.75) is 31.8 Å². The Morgan fingerprint density at radius 1 is 0.923 bits per heavy atom. The third kappa shape index (κ3) is 5.36. The molecule has 140 valence electrons. The molecule has 2 atom stereocenters. The molecule has 1 aliphatic heterocycles. The lowest BCUT2D eigenvalue weighted by molar-refractivity contribution is -0.184. The molecule has 2 aromatic carbocycles. The fourth-order valence-corrected chi connectivity index (χ4v) is 3.61. The van der Waals surface area contributed by atoms with Gasteiger partial charge in [0.05, 0.1) is 13.2 Å². The normalized spacial score (nSPS) is 22.2. The Balaban J connectivity index is 1.51. The number of benzene rings is 2. The highest BCUT2D eigenvalue weighted by Crippen LogP contribution is 2.39. The second-order valence-corrected chi connectivity index (χ2v) is 6.99. The molecule has 0 spiro atoms. The van der Waals surface area contributed by atoms with Crippen molar-refractivity contribution in [3.63, 3.8) is 0 Å². The molecule has 0 N–H and O–H groups in total. The van der Waals surface area contributed by atoms with Crippen molar-refractivity contribution in [2.24, 2.45) is 11.8 Å². The molecule has 3 rings (SSSR count). The summed E-state index contributed by atoms with van der Waals surface area (Å²) in [4.78, 5) is 0. The molecule has 26 heavy (non-hydrogen) atoms. The average Bonchev–Trinajstić information content (AvgIpc) is 2.66. The van der Waals surface area contributed by atoms with E-state index in [0.29, 0.717) is 39.1 Å². The Kier molecular flexibility index (Phi) is 6.75. The summed E-state index contributed by atoms with van der Waals surface area (Å²) in [5, 5.41) is 0. The van der Waals surface area contributed by atoms with Crippen LogP contribution in [0.5, 0.6) is 0 Å². The van der Waals surface area contributed by atoms with Crippen molar-refractivity contribution in [3.05, 3.63) is 71.8 Å². The predicted octanol–water partition coefficient (Wildman–Crippen LogP) is 5.12. The van der Waals surface area contributed by atoms with Gasteiger partial charge in [-0.3, -0.25) is 0 Å². The zero-order valence-electron chi connectivity index (χ0n) is 15.0. The molecule has 1 saturated heterocycles. The highest BCUT2D eigenvalue weighted by molar-refractivity contribution is 5.15. The summed E-state index contributed by atoms with van der Waals surface area (Å²) in [6.07, 6.45) is 1.74. The zero-order chi connectivity index (χ0) is 18.2. The second-order valence-electron chi connectivity index (χ2n) is 6.99. The van der Waals surface area contributed by atoms with E-state index in [4.69, 9.17) is 9.47 Å². The smallest absolute Gasteiger partial charge is 0.274 e. The van der Waals surface area contributed by atoms with Crippen LogP contribution in [-0.4, -0.2) is 25.7 Å². The number of alkyl halides is 2. The molecule has 0 aromatic heterocycles. The fraction of sp³-hybridized carbons (Fsp3) is 0.455. The monoisotopic (exact) mass is 360 g/mol. The van der Waals surface area contributed by atoms with Gasteiger partial charge in [-0.05, 0) is 36.3 Å². The van der Waals surface area contributed by atoms with Crippen LogP contribution >= 0.6 is 0 Å². The third-order valence-corrected chi connectivity index (χ3v) is 5.07. The lowest BCUT2D eigenvalue weighted by Gasteiger charge is -2.38. The van der Waals surface area contributed by atoms with E-state index in [0.717, 1.165) is 11.1 Å². The minimum absolute atomic E-state index is 0.168. The maximum Gasteiger partial charge on any atom is 0.274 e. The van der Waals surface area contributed by atoms with Crippen LogP contribution in [0.3, 0.4) is 0 Å². The van der Waals surface area contributed by atoms with Gasteiger partial charge in [0.2, 0.25) is 0 Å². The van der Waals surface area contributed by atoms with E-state index in [-0.39, 0.29) is 5.92 Å². The molecule has 0 radical (unpaired) electrons. The molecule has 0 saturated carbocycles. The number of ether oxygens (including phenoxy) is 2. The van der Waals surface area contributed by atoms with E-state index in [9.17, 15) is 8.78 Å². The van der Waals surface area contributed by atoms with Crippen LogP contribution in [0.25, 0.3) is 0 Å². The van der Waals surface area contributed by atoms with Gasteiger partial charge in [0.25, 0.3) is 5.92 Å². The number of halogens is 2. The molecule has 2 aromatic rings. The molecule has 0 unspecified atom stereocenters. The maximum atomic E-state index is 14.4. The molecular weight excluding hydrogens is 334 g/mol. The highest BCUT2D eigenvalue weighted by atomic mass is 19.3. The van der Waals surface area contributed by atoms with Gasteiger partial charge in [0.15, 0.2) is 0 Å². The van der Waals surface area contributed by atoms with Gasteiger partial charge in [0, 0.05) is 12.5 Å². The highest BCUT2D eigenvalue weighted by Gasteiger charge is 2.47. The van der Waals surface area contributed by atoms with Crippen molar-refractivity contribution in [1.29, 1.82) is 0 Å². The number of hydrogen-bond acceptors (Lipinski definition) is 2. The van der Waals surface area contributed by atoms with Crippen molar-refractivity contribution in [2.75, 3.05) is 19.8 Å². The molecule has 1 fully saturated rings. The summed E-state index contributed by atoms with van der Waals surface area (Å²) in [5.74, 6) is -3.59. The van der Waals surface area contributed by atoms with Crippen LogP contribution in [-0.2, 0) is 22.5 Å². The Hall–Kier alpha value is -1.78. The molecular formula is C22H26F2O2. The molecule has 0 aliphatic carbocycles. The standard InChI is InChI=1S/C22H26F2O2/c23-22(24)17-26-16-20(13-14-25-15-19-9-5-2-6-10-19)21(22)12-11-18-7-3-1-4-8-18/h1-10,20-21H,11-17H2/t20-,21+/m0/s1. The lowest BCUT2D eigenvalue weighted by Crippen LogP contribution is -2.45. The minimum Gasteiger partial charge on any atom is -0.377 e. The van der Waals surface area contributed by atoms with Crippen LogP contribution in [0, 0.1) is 11.8 Å². The number of rotatable bonds is 8. The Labute approximate surface area is 154 Å². The lowest BCUT2D eigenvalue weighted by atomic mass is 9.80. The topological polar surface area (TPSA) is 18.5 Å². The summed E-state index contributed by atoms with van der Waals surface area (Å²) < 4.78 is 39.8. The van der Waals surface area contributed by atoms with Crippen LogP contribution in [0.2, 0.25) is 0 Å². The third-order valence-electron chi connectivity index (χ3n) is 5.07. The molecule has 0 amide bonds. The van der Waals surface area contributed by atoms with Crippen molar-refractivity contribution < 1.29 is 18.3 Å². The van der Waals surface area contributed by atoms with E-state index in [1.54, 1.807) is 0 Å². The summed E-state index contributed by atoms with van der Waals surface area (Å²) in [5.41, 5.74) is 2.20. The Morgan fingerprint density at radius 2 is 1.58 bits per heavy atom. The molecule has 0 bridgehead atoms. The van der Waals surface area contributed by atoms with Crippen molar-refractivity contribution in [3.8, 4) is 0 Å². The zero-order valence-corrected chi connectivity index (χ0v) is 15.0. The molecule has 2 nitrogen and oxygen atoms in total. The van der Waals surface area contributed by atoms with Crippen LogP contribution in [0.1, 0.15) is 24.0 Å². The summed E-state index contributed by atoms with van der Waals surface area (Å²) >= 11 is 0. The van der Waals surface area contributed by atoms with E-state index in [1.807, 2.05) is 60.7 Å². The average molecular weight is 360 g/mol. The van der Waals surface area contributed by atoms with Gasteiger partial charge >= 0.3 is 0 Å². The minimum atomic E-state index is -2.77. The Morgan fingerprint density at radius 3 is 2.27 bits per heavy atom. The van der Waals surface area contributed by atoms with E-state index < -0.39 is 18.4 Å². The predicted molar refractivity (Wildman–Crippen MR) is 98.2 cm³/mol. The van der Waals surface area contributed by atoms with Crippen molar-refractivity contribution in [1.82, 2.24) is 0 Å². The quantitative estimate of drug-likeness (QED) is 0.608. The van der Waals surface area contributed by atoms with E-state index in [2.05, 4.69) is 0 Å². The first-order chi connectivity index (χ1) is 12.6.